The number of ether oxygens (including phenoxy) is 1. The van der Waals surface area contributed by atoms with Gasteiger partial charge in [-0.15, -0.1) is 0 Å². The molecule has 0 aromatic rings. The topological polar surface area (TPSA) is 46.5 Å². The first-order chi connectivity index (χ1) is 10.8. The second-order valence-electron chi connectivity index (χ2n) is 8.65. The maximum atomic E-state index is 11.7. The van der Waals surface area contributed by atoms with Gasteiger partial charge in [0.05, 0.1) is 6.10 Å². The van der Waals surface area contributed by atoms with Gasteiger partial charge in [0.25, 0.3) is 0 Å². The van der Waals surface area contributed by atoms with E-state index in [0.717, 1.165) is 30.4 Å². The van der Waals surface area contributed by atoms with E-state index in [9.17, 15) is 9.90 Å². The highest BCUT2D eigenvalue weighted by Crippen LogP contribution is 2.61. The summed E-state index contributed by atoms with van der Waals surface area (Å²) in [6.45, 7) is 11.7. The van der Waals surface area contributed by atoms with Crippen molar-refractivity contribution in [3.63, 3.8) is 0 Å². The maximum absolute atomic E-state index is 11.7. The number of rotatable bonds is 3. The van der Waals surface area contributed by atoms with Crippen LogP contribution >= 0.6 is 0 Å². The van der Waals surface area contributed by atoms with Gasteiger partial charge in [0.2, 0.25) is 0 Å². The van der Waals surface area contributed by atoms with Gasteiger partial charge >= 0.3 is 5.97 Å². The molecule has 1 heterocycles. The van der Waals surface area contributed by atoms with Gasteiger partial charge in [0.15, 0.2) is 0 Å². The standard InChI is InChI=1S/C20H30O3/c1-13-15(7-6-14-8-11-23-18(14)22)20(4)10-5-9-19(2,3)17(20)12-16(13)21/h8,15-17,21H,1,5-7,9-12H2,2-4H3/t15-,16+,17-,20+/m1/s1. The van der Waals surface area contributed by atoms with Crippen molar-refractivity contribution in [2.75, 3.05) is 6.61 Å². The lowest BCUT2D eigenvalue weighted by molar-refractivity contribution is -0.136. The first-order valence-corrected chi connectivity index (χ1v) is 8.98. The molecule has 3 rings (SSSR count). The summed E-state index contributed by atoms with van der Waals surface area (Å²) in [4.78, 5) is 11.7. The van der Waals surface area contributed by atoms with Crippen LogP contribution in [0, 0.1) is 22.7 Å². The van der Waals surface area contributed by atoms with E-state index in [2.05, 4.69) is 27.4 Å². The summed E-state index contributed by atoms with van der Waals surface area (Å²) < 4.78 is 5.01. The van der Waals surface area contributed by atoms with Gasteiger partial charge in [-0.1, -0.05) is 33.8 Å². The van der Waals surface area contributed by atoms with E-state index >= 15 is 0 Å². The average molecular weight is 318 g/mol. The highest BCUT2D eigenvalue weighted by Gasteiger charge is 2.54. The van der Waals surface area contributed by atoms with Crippen molar-refractivity contribution < 1.29 is 14.6 Å². The zero-order chi connectivity index (χ0) is 16.8. The van der Waals surface area contributed by atoms with Crippen LogP contribution in [-0.2, 0) is 9.53 Å². The fourth-order valence-corrected chi connectivity index (χ4v) is 5.61. The van der Waals surface area contributed by atoms with Crippen molar-refractivity contribution in [2.45, 2.75) is 65.4 Å². The number of aliphatic hydroxyl groups is 1. The first kappa shape index (κ1) is 16.8. The second kappa shape index (κ2) is 5.77. The lowest BCUT2D eigenvalue weighted by Crippen LogP contribution is -2.52. The van der Waals surface area contributed by atoms with Crippen molar-refractivity contribution in [3.05, 3.63) is 23.8 Å². The summed E-state index contributed by atoms with van der Waals surface area (Å²) >= 11 is 0. The lowest BCUT2D eigenvalue weighted by atomic mass is 9.46. The van der Waals surface area contributed by atoms with Crippen LogP contribution in [-0.4, -0.2) is 23.8 Å². The Morgan fingerprint density at radius 3 is 2.74 bits per heavy atom. The van der Waals surface area contributed by atoms with Crippen molar-refractivity contribution >= 4 is 5.97 Å². The summed E-state index contributed by atoms with van der Waals surface area (Å²) in [5.74, 6) is 0.626. The summed E-state index contributed by atoms with van der Waals surface area (Å²) in [5.41, 5.74) is 2.22. The molecule has 1 N–H and O–H groups in total. The van der Waals surface area contributed by atoms with E-state index in [4.69, 9.17) is 4.74 Å². The van der Waals surface area contributed by atoms with E-state index in [-0.39, 0.29) is 22.7 Å². The van der Waals surface area contributed by atoms with Crippen LogP contribution in [0.5, 0.6) is 0 Å². The molecule has 0 unspecified atom stereocenters. The predicted octanol–water partition coefficient (Wildman–Crippen LogP) is 4.02. The number of carbonyl (C=O) groups is 1. The smallest absolute Gasteiger partial charge is 0.334 e. The molecule has 4 atom stereocenters. The molecule has 128 valence electrons. The Morgan fingerprint density at radius 1 is 1.35 bits per heavy atom. The molecule has 1 aliphatic heterocycles. The van der Waals surface area contributed by atoms with Crippen LogP contribution in [0.4, 0.5) is 0 Å². The van der Waals surface area contributed by atoms with E-state index < -0.39 is 6.10 Å². The maximum Gasteiger partial charge on any atom is 0.334 e. The Hall–Kier alpha value is -1.09. The molecule has 2 saturated carbocycles. The largest absolute Gasteiger partial charge is 0.458 e. The van der Waals surface area contributed by atoms with E-state index in [1.54, 1.807) is 0 Å². The molecule has 0 amide bonds. The summed E-state index contributed by atoms with van der Waals surface area (Å²) in [6, 6.07) is 0. The third kappa shape index (κ3) is 2.77. The summed E-state index contributed by atoms with van der Waals surface area (Å²) in [7, 11) is 0. The molecule has 0 saturated heterocycles. The molecule has 3 nitrogen and oxygen atoms in total. The van der Waals surface area contributed by atoms with Gasteiger partial charge < -0.3 is 9.84 Å². The van der Waals surface area contributed by atoms with Gasteiger partial charge in [-0.25, -0.2) is 4.79 Å². The first-order valence-electron chi connectivity index (χ1n) is 8.98. The normalized spacial score (nSPS) is 39.7. The minimum Gasteiger partial charge on any atom is -0.458 e. The van der Waals surface area contributed by atoms with Crippen molar-refractivity contribution in [3.8, 4) is 0 Å². The van der Waals surface area contributed by atoms with Crippen LogP contribution in [0.25, 0.3) is 0 Å². The number of fused-ring (bicyclic) bond motifs is 1. The Bertz CT molecular complexity index is 545. The molecule has 3 aliphatic rings. The number of carbonyl (C=O) groups excluding carboxylic acids is 1. The minimum absolute atomic E-state index is 0.169. The Kier molecular flexibility index (Phi) is 4.20. The molecule has 0 aromatic carbocycles. The molecule has 23 heavy (non-hydrogen) atoms. The molecule has 0 aromatic heterocycles. The Morgan fingerprint density at radius 2 is 2.09 bits per heavy atom. The SMILES string of the molecule is C=C1[C@@H](CCC2=CCOC2=O)[C@]2(C)CCCC(C)(C)[C@H]2C[C@@H]1O. The van der Waals surface area contributed by atoms with Crippen LogP contribution in [0.15, 0.2) is 23.8 Å². The molecular weight excluding hydrogens is 288 g/mol. The second-order valence-corrected chi connectivity index (χ2v) is 8.65. The molecule has 2 fully saturated rings. The van der Waals surface area contributed by atoms with Crippen molar-refractivity contribution in [1.82, 2.24) is 0 Å². The van der Waals surface area contributed by atoms with Gasteiger partial charge in [-0.3, -0.25) is 0 Å². The number of esters is 1. The van der Waals surface area contributed by atoms with Crippen molar-refractivity contribution in [2.24, 2.45) is 22.7 Å². The number of hydrogen-bond acceptors (Lipinski definition) is 3. The Balaban J connectivity index is 1.83. The third-order valence-corrected chi connectivity index (χ3v) is 6.92. The molecular formula is C20H30O3. The van der Waals surface area contributed by atoms with Crippen molar-refractivity contribution in [1.29, 1.82) is 0 Å². The van der Waals surface area contributed by atoms with Crippen LogP contribution in [0.2, 0.25) is 0 Å². The quantitative estimate of drug-likeness (QED) is 0.631. The number of aliphatic hydroxyl groups excluding tert-OH is 1. The highest BCUT2D eigenvalue weighted by molar-refractivity contribution is 5.90. The fourth-order valence-electron chi connectivity index (χ4n) is 5.61. The lowest BCUT2D eigenvalue weighted by Gasteiger charge is -2.59. The average Bonchev–Trinajstić information content (AvgIpc) is 2.87. The van der Waals surface area contributed by atoms with E-state index in [1.165, 1.54) is 19.3 Å². The summed E-state index contributed by atoms with van der Waals surface area (Å²) in [6.07, 6.45) is 7.62. The van der Waals surface area contributed by atoms with Gasteiger partial charge in [0, 0.05) is 5.57 Å². The van der Waals surface area contributed by atoms with Crippen LogP contribution < -0.4 is 0 Å². The van der Waals surface area contributed by atoms with Gasteiger partial charge in [-0.2, -0.15) is 0 Å². The number of cyclic esters (lactones) is 1. The van der Waals surface area contributed by atoms with Gasteiger partial charge in [0.1, 0.15) is 6.61 Å². The predicted molar refractivity (Wildman–Crippen MR) is 90.8 cm³/mol. The third-order valence-electron chi connectivity index (χ3n) is 6.92. The van der Waals surface area contributed by atoms with Crippen LogP contribution in [0.1, 0.15) is 59.3 Å². The fraction of sp³-hybridized carbons (Fsp3) is 0.750. The Labute approximate surface area is 139 Å². The molecule has 3 heteroatoms. The van der Waals surface area contributed by atoms with E-state index in [0.29, 0.717) is 12.5 Å². The highest BCUT2D eigenvalue weighted by atomic mass is 16.5. The molecule has 0 radical (unpaired) electrons. The monoisotopic (exact) mass is 318 g/mol. The van der Waals surface area contributed by atoms with E-state index in [1.807, 2.05) is 6.08 Å². The van der Waals surface area contributed by atoms with Gasteiger partial charge in [-0.05, 0) is 66.4 Å². The zero-order valence-electron chi connectivity index (χ0n) is 14.7. The molecule has 0 spiro atoms. The molecule has 0 bridgehead atoms. The zero-order valence-corrected chi connectivity index (χ0v) is 14.7. The molecule has 2 aliphatic carbocycles. The number of hydrogen-bond donors (Lipinski definition) is 1. The minimum atomic E-state index is -0.403. The summed E-state index contributed by atoms with van der Waals surface area (Å²) in [5, 5.41) is 10.6. The van der Waals surface area contributed by atoms with Crippen LogP contribution in [0.3, 0.4) is 0 Å².